The Hall–Kier alpha value is -3.69. The number of nitrogens with one attached hydrogen (secondary N) is 1. The Labute approximate surface area is 203 Å². The fourth-order valence-corrected chi connectivity index (χ4v) is 5.06. The average Bonchev–Trinajstić information content (AvgIpc) is 3.54. The van der Waals surface area contributed by atoms with Crippen molar-refractivity contribution in [3.8, 4) is 11.3 Å². The van der Waals surface area contributed by atoms with Crippen LogP contribution in [0.5, 0.6) is 0 Å². The summed E-state index contributed by atoms with van der Waals surface area (Å²) in [7, 11) is 0. The molecule has 0 aliphatic carbocycles. The van der Waals surface area contributed by atoms with Gasteiger partial charge >= 0.3 is 0 Å². The normalized spacial score (nSPS) is 12.0. The van der Waals surface area contributed by atoms with Gasteiger partial charge in [0.15, 0.2) is 10.3 Å². The molecule has 0 aliphatic rings. The van der Waals surface area contributed by atoms with Crippen molar-refractivity contribution in [2.45, 2.75) is 23.9 Å². The van der Waals surface area contributed by atoms with E-state index in [2.05, 4.69) is 15.3 Å². The Kier molecular flexibility index (Phi) is 6.29. The largest absolute Gasteiger partial charge is 0.467 e. The van der Waals surface area contributed by atoms with Crippen molar-refractivity contribution >= 4 is 45.0 Å². The first-order valence-corrected chi connectivity index (χ1v) is 12.3. The highest BCUT2D eigenvalue weighted by molar-refractivity contribution is 8.00. The number of rotatable bonds is 7. The van der Waals surface area contributed by atoms with Gasteiger partial charge in [-0.05, 0) is 31.2 Å². The number of hydrogen-bond acceptors (Lipinski definition) is 7. The topological polar surface area (TPSA) is 90.0 Å². The fraction of sp³-hybridized carbons (Fsp3) is 0.120. The third kappa shape index (κ3) is 4.66. The molecular formula is C25H20N4O3S2. The third-order valence-electron chi connectivity index (χ3n) is 5.18. The van der Waals surface area contributed by atoms with E-state index in [-0.39, 0.29) is 18.0 Å². The maximum absolute atomic E-state index is 13.2. The van der Waals surface area contributed by atoms with Crippen molar-refractivity contribution < 1.29 is 9.21 Å². The molecule has 0 aliphatic heterocycles. The van der Waals surface area contributed by atoms with Gasteiger partial charge in [0.25, 0.3) is 5.56 Å². The molecule has 2 aromatic carbocycles. The molecule has 3 heterocycles. The van der Waals surface area contributed by atoms with E-state index in [0.29, 0.717) is 27.0 Å². The average molecular weight is 489 g/mol. The van der Waals surface area contributed by atoms with Crippen LogP contribution in [0.1, 0.15) is 12.7 Å². The SMILES string of the molecule is CC(Sc1nc2ccccc2c(=O)n1Cc1ccco1)C(=O)Nc1nc(-c2ccccc2)cs1. The van der Waals surface area contributed by atoms with E-state index in [9.17, 15) is 9.59 Å². The number of furan rings is 1. The van der Waals surface area contributed by atoms with Crippen molar-refractivity contribution in [2.24, 2.45) is 0 Å². The lowest BCUT2D eigenvalue weighted by atomic mass is 10.2. The van der Waals surface area contributed by atoms with Crippen LogP contribution in [0, 0.1) is 0 Å². The zero-order valence-corrected chi connectivity index (χ0v) is 19.8. The van der Waals surface area contributed by atoms with Gasteiger partial charge in [0.2, 0.25) is 5.91 Å². The van der Waals surface area contributed by atoms with E-state index >= 15 is 0 Å². The van der Waals surface area contributed by atoms with Crippen molar-refractivity contribution in [1.29, 1.82) is 0 Å². The van der Waals surface area contributed by atoms with Crippen LogP contribution in [-0.2, 0) is 11.3 Å². The Bertz CT molecular complexity index is 1490. The molecule has 0 radical (unpaired) electrons. The van der Waals surface area contributed by atoms with E-state index in [1.54, 1.807) is 42.0 Å². The second-order valence-electron chi connectivity index (χ2n) is 7.54. The molecule has 3 aromatic heterocycles. The number of hydrogen-bond donors (Lipinski definition) is 1. The molecule has 0 spiro atoms. The predicted molar refractivity (Wildman–Crippen MR) is 135 cm³/mol. The van der Waals surface area contributed by atoms with Crippen molar-refractivity contribution in [1.82, 2.24) is 14.5 Å². The summed E-state index contributed by atoms with van der Waals surface area (Å²) in [6.07, 6.45) is 1.56. The first-order chi connectivity index (χ1) is 16.6. The predicted octanol–water partition coefficient (Wildman–Crippen LogP) is 5.28. The second kappa shape index (κ2) is 9.66. The molecule has 0 saturated heterocycles. The van der Waals surface area contributed by atoms with E-state index in [1.807, 2.05) is 47.8 Å². The van der Waals surface area contributed by atoms with Gasteiger partial charge in [-0.3, -0.25) is 14.2 Å². The number of carbonyl (C=O) groups excluding carboxylic acids is 1. The summed E-state index contributed by atoms with van der Waals surface area (Å²) in [6, 6.07) is 20.6. The molecule has 7 nitrogen and oxygen atoms in total. The second-order valence-corrected chi connectivity index (χ2v) is 9.70. The monoisotopic (exact) mass is 488 g/mol. The Balaban J connectivity index is 1.38. The van der Waals surface area contributed by atoms with Crippen LogP contribution in [0.3, 0.4) is 0 Å². The maximum atomic E-state index is 13.2. The molecule has 1 N–H and O–H groups in total. The summed E-state index contributed by atoms with van der Waals surface area (Å²) in [5.41, 5.74) is 2.21. The molecule has 1 amide bonds. The molecule has 0 bridgehead atoms. The zero-order chi connectivity index (χ0) is 23.5. The Morgan fingerprint density at radius 3 is 2.68 bits per heavy atom. The van der Waals surface area contributed by atoms with Crippen molar-refractivity contribution in [2.75, 3.05) is 5.32 Å². The first kappa shape index (κ1) is 22.1. The van der Waals surface area contributed by atoms with Gasteiger partial charge in [0.05, 0.1) is 34.7 Å². The number of carbonyl (C=O) groups is 1. The van der Waals surface area contributed by atoms with Crippen molar-refractivity contribution in [3.63, 3.8) is 0 Å². The lowest BCUT2D eigenvalue weighted by Crippen LogP contribution is -2.27. The summed E-state index contributed by atoms with van der Waals surface area (Å²) in [4.78, 5) is 35.4. The van der Waals surface area contributed by atoms with Crippen LogP contribution < -0.4 is 10.9 Å². The van der Waals surface area contributed by atoms with Crippen LogP contribution in [0.4, 0.5) is 5.13 Å². The molecule has 0 saturated carbocycles. The summed E-state index contributed by atoms with van der Waals surface area (Å²) in [6.45, 7) is 2.01. The highest BCUT2D eigenvalue weighted by atomic mass is 32.2. The van der Waals surface area contributed by atoms with Gasteiger partial charge in [0, 0.05) is 10.9 Å². The summed E-state index contributed by atoms with van der Waals surface area (Å²) < 4.78 is 6.99. The van der Waals surface area contributed by atoms with Gasteiger partial charge < -0.3 is 9.73 Å². The number of thioether (sulfide) groups is 1. The van der Waals surface area contributed by atoms with Gasteiger partial charge in [-0.15, -0.1) is 11.3 Å². The standard InChI is InChI=1S/C25H20N4O3S2/c1-16(22(30)28-24-26-21(15-33-24)17-8-3-2-4-9-17)34-25-27-20-12-6-5-11-19(20)23(31)29(25)14-18-10-7-13-32-18/h2-13,15-16H,14H2,1H3,(H,26,28,30). The highest BCUT2D eigenvalue weighted by Crippen LogP contribution is 2.27. The molecule has 1 unspecified atom stereocenters. The van der Waals surface area contributed by atoms with Gasteiger partial charge in [-0.2, -0.15) is 0 Å². The Morgan fingerprint density at radius 2 is 1.88 bits per heavy atom. The Morgan fingerprint density at radius 1 is 1.09 bits per heavy atom. The molecule has 1 atom stereocenters. The quantitative estimate of drug-likeness (QED) is 0.248. The summed E-state index contributed by atoms with van der Waals surface area (Å²) >= 11 is 2.60. The number of para-hydroxylation sites is 1. The van der Waals surface area contributed by atoms with Crippen LogP contribution in [0.2, 0.25) is 0 Å². The third-order valence-corrected chi connectivity index (χ3v) is 7.02. The number of thiazole rings is 1. The zero-order valence-electron chi connectivity index (χ0n) is 18.2. The summed E-state index contributed by atoms with van der Waals surface area (Å²) in [5, 5.41) is 5.78. The lowest BCUT2D eigenvalue weighted by molar-refractivity contribution is -0.115. The lowest BCUT2D eigenvalue weighted by Gasteiger charge is -2.15. The number of benzene rings is 2. The molecule has 0 fully saturated rings. The summed E-state index contributed by atoms with van der Waals surface area (Å²) in [5.74, 6) is 0.417. The molecule has 9 heteroatoms. The maximum Gasteiger partial charge on any atom is 0.262 e. The minimum atomic E-state index is -0.514. The molecule has 5 rings (SSSR count). The highest BCUT2D eigenvalue weighted by Gasteiger charge is 2.21. The molecule has 5 aromatic rings. The van der Waals surface area contributed by atoms with Gasteiger partial charge in [-0.1, -0.05) is 54.2 Å². The van der Waals surface area contributed by atoms with Crippen LogP contribution in [0.25, 0.3) is 22.2 Å². The van der Waals surface area contributed by atoms with Crippen LogP contribution >= 0.6 is 23.1 Å². The molecule has 34 heavy (non-hydrogen) atoms. The number of fused-ring (bicyclic) bond motifs is 1. The minimum absolute atomic E-state index is 0.176. The number of amides is 1. The van der Waals surface area contributed by atoms with Crippen LogP contribution in [0.15, 0.2) is 92.7 Å². The van der Waals surface area contributed by atoms with E-state index in [0.717, 1.165) is 11.3 Å². The van der Waals surface area contributed by atoms with E-state index in [1.165, 1.54) is 23.1 Å². The molecular weight excluding hydrogens is 468 g/mol. The van der Waals surface area contributed by atoms with E-state index < -0.39 is 5.25 Å². The minimum Gasteiger partial charge on any atom is -0.467 e. The van der Waals surface area contributed by atoms with Gasteiger partial charge in [-0.25, -0.2) is 9.97 Å². The van der Waals surface area contributed by atoms with Crippen molar-refractivity contribution in [3.05, 3.63) is 94.5 Å². The number of anilines is 1. The number of nitrogens with zero attached hydrogens (tertiary/aromatic N) is 3. The fourth-order valence-electron chi connectivity index (χ4n) is 3.43. The first-order valence-electron chi connectivity index (χ1n) is 10.6. The van der Waals surface area contributed by atoms with E-state index in [4.69, 9.17) is 4.42 Å². The van der Waals surface area contributed by atoms with Gasteiger partial charge in [0.1, 0.15) is 5.76 Å². The molecule has 170 valence electrons. The van der Waals surface area contributed by atoms with Crippen LogP contribution in [-0.4, -0.2) is 25.7 Å². The number of aromatic nitrogens is 3. The smallest absolute Gasteiger partial charge is 0.262 e.